The van der Waals surface area contributed by atoms with Crippen molar-refractivity contribution in [2.75, 3.05) is 26.2 Å². The van der Waals surface area contributed by atoms with Crippen molar-refractivity contribution >= 4 is 17.2 Å². The van der Waals surface area contributed by atoms with Gasteiger partial charge in [0, 0.05) is 26.2 Å². The zero-order valence-electron chi connectivity index (χ0n) is 18.1. The Bertz CT molecular complexity index is 1080. The molecule has 1 atom stereocenters. The first-order valence-electron chi connectivity index (χ1n) is 10.6. The summed E-state index contributed by atoms with van der Waals surface area (Å²) in [6.07, 6.45) is -0.639. The number of carbonyl (C=O) groups is 1. The molecule has 4 rings (SSSR count). The van der Waals surface area contributed by atoms with E-state index in [1.807, 2.05) is 36.3 Å². The molecule has 0 saturated carbocycles. The van der Waals surface area contributed by atoms with Gasteiger partial charge in [0.25, 0.3) is 5.91 Å². The summed E-state index contributed by atoms with van der Waals surface area (Å²) in [7, 11) is 0. The molecule has 1 aliphatic rings. The number of piperazine rings is 1. The van der Waals surface area contributed by atoms with E-state index in [9.17, 15) is 10.1 Å². The summed E-state index contributed by atoms with van der Waals surface area (Å²) in [5, 5.41) is 15.4. The fraction of sp³-hybridized carbons (Fsp3) is 0.391. The van der Waals surface area contributed by atoms with E-state index in [-0.39, 0.29) is 11.8 Å². The highest BCUT2D eigenvalue weighted by Crippen LogP contribution is 2.23. The Labute approximate surface area is 191 Å². The number of para-hydroxylation sites is 1. The molecule has 1 aliphatic heterocycles. The minimum absolute atomic E-state index is 0.0265. The van der Waals surface area contributed by atoms with Crippen molar-refractivity contribution in [2.24, 2.45) is 5.92 Å². The topological polar surface area (TPSA) is 95.5 Å². The summed E-state index contributed by atoms with van der Waals surface area (Å²) in [6, 6.07) is 13.1. The van der Waals surface area contributed by atoms with Crippen molar-refractivity contribution < 1.29 is 14.1 Å². The van der Waals surface area contributed by atoms with Crippen molar-refractivity contribution in [1.82, 2.24) is 19.9 Å². The average Bonchev–Trinajstić information content (AvgIpc) is 3.50. The molecule has 0 N–H and O–H groups in total. The van der Waals surface area contributed by atoms with Gasteiger partial charge in [-0.25, -0.2) is 0 Å². The van der Waals surface area contributed by atoms with Crippen molar-refractivity contribution in [3.63, 3.8) is 0 Å². The van der Waals surface area contributed by atoms with E-state index in [0.717, 1.165) is 4.88 Å². The highest BCUT2D eigenvalue weighted by Gasteiger charge is 2.32. The molecule has 1 saturated heterocycles. The van der Waals surface area contributed by atoms with Crippen LogP contribution in [0.15, 0.2) is 46.3 Å². The minimum Gasteiger partial charge on any atom is -0.479 e. The normalized spacial score (nSPS) is 15.5. The molecule has 3 heterocycles. The van der Waals surface area contributed by atoms with Crippen LogP contribution in [0.4, 0.5) is 0 Å². The van der Waals surface area contributed by atoms with Gasteiger partial charge in [0.05, 0.1) is 17.0 Å². The molecular formula is C23H25N5O3S. The molecular weight excluding hydrogens is 426 g/mol. The number of aromatic nitrogens is 2. The summed E-state index contributed by atoms with van der Waals surface area (Å²) in [6.45, 7) is 7.07. The Hall–Kier alpha value is -3.22. The number of ether oxygens (including phenoxy) is 1. The Morgan fingerprint density at radius 3 is 2.69 bits per heavy atom. The number of nitriles is 1. The molecule has 1 amide bonds. The Morgan fingerprint density at radius 1 is 1.22 bits per heavy atom. The second-order valence-corrected chi connectivity index (χ2v) is 8.93. The van der Waals surface area contributed by atoms with Crippen LogP contribution in [0.3, 0.4) is 0 Å². The molecule has 0 aliphatic carbocycles. The molecule has 1 aromatic carbocycles. The maximum Gasteiger partial charge on any atom is 0.264 e. The highest BCUT2D eigenvalue weighted by molar-refractivity contribution is 7.13. The first-order valence-corrected chi connectivity index (χ1v) is 11.5. The van der Waals surface area contributed by atoms with Crippen molar-refractivity contribution in [2.45, 2.75) is 26.5 Å². The third kappa shape index (κ3) is 4.98. The summed E-state index contributed by atoms with van der Waals surface area (Å²) >= 11 is 1.57. The first kappa shape index (κ1) is 22.0. The van der Waals surface area contributed by atoms with E-state index in [1.165, 1.54) is 0 Å². The van der Waals surface area contributed by atoms with Crippen LogP contribution >= 0.6 is 11.3 Å². The number of thiophene rings is 1. The third-order valence-electron chi connectivity index (χ3n) is 5.36. The van der Waals surface area contributed by atoms with Gasteiger partial charge in [-0.15, -0.1) is 11.3 Å². The SMILES string of the molecule is CC(C)C(Oc1ccccc1C#N)C(=O)N1CCN(Cc2nc(-c3cccs3)no2)CC1. The van der Waals surface area contributed by atoms with Crippen LogP contribution in [-0.2, 0) is 11.3 Å². The smallest absolute Gasteiger partial charge is 0.264 e. The van der Waals surface area contributed by atoms with E-state index < -0.39 is 6.10 Å². The van der Waals surface area contributed by atoms with E-state index in [2.05, 4.69) is 21.1 Å². The summed E-state index contributed by atoms with van der Waals surface area (Å²) in [5.74, 6) is 1.55. The molecule has 9 heteroatoms. The Balaban J connectivity index is 1.34. The fourth-order valence-electron chi connectivity index (χ4n) is 3.59. The summed E-state index contributed by atoms with van der Waals surface area (Å²) in [4.78, 5) is 22.7. The number of nitrogens with zero attached hydrogens (tertiary/aromatic N) is 5. The second-order valence-electron chi connectivity index (χ2n) is 7.98. The monoisotopic (exact) mass is 451 g/mol. The number of amides is 1. The fourth-order valence-corrected chi connectivity index (χ4v) is 4.24. The van der Waals surface area contributed by atoms with Crippen LogP contribution in [0.1, 0.15) is 25.3 Å². The standard InChI is InChI=1S/C23H25N5O3S/c1-16(2)21(30-18-7-4-3-6-17(18)14-24)23(29)28-11-9-27(10-12-28)15-20-25-22(26-31-20)19-8-5-13-32-19/h3-8,13,16,21H,9-12,15H2,1-2H3. The van der Waals surface area contributed by atoms with Gasteiger partial charge >= 0.3 is 0 Å². The summed E-state index contributed by atoms with van der Waals surface area (Å²) in [5.41, 5.74) is 0.428. The predicted octanol–water partition coefficient (Wildman–Crippen LogP) is 3.42. The van der Waals surface area contributed by atoms with Crippen molar-refractivity contribution in [3.05, 3.63) is 53.2 Å². The molecule has 0 radical (unpaired) electrons. The number of carbonyl (C=O) groups excluding carboxylic acids is 1. The van der Waals surface area contributed by atoms with Crippen molar-refractivity contribution in [1.29, 1.82) is 5.26 Å². The van der Waals surface area contributed by atoms with E-state index >= 15 is 0 Å². The van der Waals surface area contributed by atoms with Crippen LogP contribution in [0.25, 0.3) is 10.7 Å². The van der Waals surface area contributed by atoms with Crippen LogP contribution in [0.2, 0.25) is 0 Å². The molecule has 0 spiro atoms. The minimum atomic E-state index is -0.639. The van der Waals surface area contributed by atoms with Crippen LogP contribution in [-0.4, -0.2) is 58.1 Å². The molecule has 1 fully saturated rings. The van der Waals surface area contributed by atoms with Crippen LogP contribution in [0, 0.1) is 17.2 Å². The van der Waals surface area contributed by atoms with E-state index in [4.69, 9.17) is 9.26 Å². The molecule has 2 aromatic heterocycles. The molecule has 3 aromatic rings. The lowest BCUT2D eigenvalue weighted by Gasteiger charge is -2.36. The number of rotatable bonds is 7. The molecule has 166 valence electrons. The van der Waals surface area contributed by atoms with Crippen molar-refractivity contribution in [3.8, 4) is 22.5 Å². The quantitative estimate of drug-likeness (QED) is 0.543. The van der Waals surface area contributed by atoms with Gasteiger partial charge in [0.2, 0.25) is 11.7 Å². The lowest BCUT2D eigenvalue weighted by Crippen LogP contribution is -2.53. The van der Waals surface area contributed by atoms with Gasteiger partial charge < -0.3 is 14.2 Å². The number of hydrogen-bond donors (Lipinski definition) is 0. The van der Waals surface area contributed by atoms with Gasteiger partial charge in [0.15, 0.2) is 6.10 Å². The molecule has 0 bridgehead atoms. The first-order chi connectivity index (χ1) is 15.5. The largest absolute Gasteiger partial charge is 0.479 e. The van der Waals surface area contributed by atoms with Gasteiger partial charge in [-0.1, -0.05) is 37.2 Å². The number of benzene rings is 1. The third-order valence-corrected chi connectivity index (χ3v) is 6.23. The van der Waals surface area contributed by atoms with Gasteiger partial charge in [-0.2, -0.15) is 10.2 Å². The Kier molecular flexibility index (Phi) is 6.83. The molecule has 8 nitrogen and oxygen atoms in total. The van der Waals surface area contributed by atoms with E-state index in [0.29, 0.717) is 55.8 Å². The zero-order valence-corrected chi connectivity index (χ0v) is 18.9. The summed E-state index contributed by atoms with van der Waals surface area (Å²) < 4.78 is 11.4. The van der Waals surface area contributed by atoms with Gasteiger partial charge in [-0.05, 0) is 29.5 Å². The lowest BCUT2D eigenvalue weighted by molar-refractivity contribution is -0.142. The van der Waals surface area contributed by atoms with E-state index in [1.54, 1.807) is 35.6 Å². The average molecular weight is 452 g/mol. The van der Waals surface area contributed by atoms with Gasteiger partial charge in [0.1, 0.15) is 11.8 Å². The van der Waals surface area contributed by atoms with Crippen LogP contribution in [0.5, 0.6) is 5.75 Å². The molecule has 1 unspecified atom stereocenters. The zero-order chi connectivity index (χ0) is 22.5. The Morgan fingerprint density at radius 2 is 2.00 bits per heavy atom. The second kappa shape index (κ2) is 9.94. The molecule has 32 heavy (non-hydrogen) atoms. The van der Waals surface area contributed by atoms with Gasteiger partial charge in [-0.3, -0.25) is 9.69 Å². The number of hydrogen-bond acceptors (Lipinski definition) is 8. The highest BCUT2D eigenvalue weighted by atomic mass is 32.1. The lowest BCUT2D eigenvalue weighted by atomic mass is 10.0. The predicted molar refractivity (Wildman–Crippen MR) is 120 cm³/mol. The van der Waals surface area contributed by atoms with Crippen LogP contribution < -0.4 is 4.74 Å². The maximum atomic E-state index is 13.2. The maximum absolute atomic E-state index is 13.2.